The van der Waals surface area contributed by atoms with E-state index < -0.39 is 22.0 Å². The van der Waals surface area contributed by atoms with Gasteiger partial charge in [-0.25, -0.2) is 8.42 Å². The number of ether oxygens (including phenoxy) is 1. The van der Waals surface area contributed by atoms with Crippen LogP contribution < -0.4 is 14.8 Å². The Labute approximate surface area is 152 Å². The number of anilines is 1. The summed E-state index contributed by atoms with van der Waals surface area (Å²) in [5, 5.41) is 3.15. The number of carbonyl (C=O) groups excluding carboxylic acids is 1. The van der Waals surface area contributed by atoms with Crippen LogP contribution in [0.4, 0.5) is 5.69 Å². The lowest BCUT2D eigenvalue weighted by Gasteiger charge is -2.16. The molecule has 0 aliphatic rings. The summed E-state index contributed by atoms with van der Waals surface area (Å²) in [6, 6.07) is 10.0. The van der Waals surface area contributed by atoms with E-state index in [1.165, 1.54) is 38.3 Å². The number of hydrogen-bond donors (Lipinski definition) is 2. The van der Waals surface area contributed by atoms with E-state index in [0.717, 1.165) is 5.56 Å². The highest BCUT2D eigenvalue weighted by atomic mass is 35.5. The quantitative estimate of drug-likeness (QED) is 0.804. The van der Waals surface area contributed by atoms with Gasteiger partial charge >= 0.3 is 0 Å². The molecule has 134 valence electrons. The van der Waals surface area contributed by atoms with E-state index in [0.29, 0.717) is 16.5 Å². The lowest BCUT2D eigenvalue weighted by Crippen LogP contribution is -2.41. The molecule has 0 saturated carbocycles. The van der Waals surface area contributed by atoms with Gasteiger partial charge in [0.05, 0.1) is 18.0 Å². The Morgan fingerprint density at radius 3 is 2.40 bits per heavy atom. The van der Waals surface area contributed by atoms with Crippen LogP contribution in [0.15, 0.2) is 47.4 Å². The number of carbonyl (C=O) groups is 1. The molecule has 0 aliphatic carbocycles. The average Bonchev–Trinajstić information content (AvgIpc) is 2.57. The normalized spacial score (nSPS) is 12.5. The summed E-state index contributed by atoms with van der Waals surface area (Å²) in [6.45, 7) is 3.29. The predicted molar refractivity (Wildman–Crippen MR) is 97.6 cm³/mol. The number of benzene rings is 2. The number of hydrogen-bond acceptors (Lipinski definition) is 4. The fourth-order valence-corrected chi connectivity index (χ4v) is 3.45. The first-order valence-electron chi connectivity index (χ1n) is 7.46. The van der Waals surface area contributed by atoms with Gasteiger partial charge in [0.25, 0.3) is 0 Å². The van der Waals surface area contributed by atoms with Crippen molar-refractivity contribution in [1.29, 1.82) is 0 Å². The van der Waals surface area contributed by atoms with Crippen LogP contribution in [0.3, 0.4) is 0 Å². The van der Waals surface area contributed by atoms with Crippen LogP contribution in [0.1, 0.15) is 12.5 Å². The van der Waals surface area contributed by atoms with Crippen molar-refractivity contribution in [3.63, 3.8) is 0 Å². The molecule has 0 unspecified atom stereocenters. The summed E-state index contributed by atoms with van der Waals surface area (Å²) < 4.78 is 32.1. The Morgan fingerprint density at radius 1 is 1.16 bits per heavy atom. The van der Waals surface area contributed by atoms with Crippen LogP contribution in [0, 0.1) is 6.92 Å². The Bertz CT molecular complexity index is 867. The SMILES string of the molecule is COc1ccc(S(=O)(=O)N[C@@H](C)C(=O)Nc2cc(Cl)ccc2C)cc1. The molecule has 0 heterocycles. The third-order valence-corrected chi connectivity index (χ3v) is 5.34. The monoisotopic (exact) mass is 382 g/mol. The molecule has 2 N–H and O–H groups in total. The molecule has 2 rings (SSSR count). The van der Waals surface area contributed by atoms with Crippen LogP contribution in [0.5, 0.6) is 5.75 Å². The first kappa shape index (κ1) is 19.2. The molecule has 0 aliphatic heterocycles. The molecule has 0 fully saturated rings. The first-order chi connectivity index (χ1) is 11.7. The molecule has 2 aromatic rings. The Kier molecular flexibility index (Phi) is 6.05. The van der Waals surface area contributed by atoms with Crippen LogP contribution in [0.25, 0.3) is 0 Å². The molecule has 2 aromatic carbocycles. The van der Waals surface area contributed by atoms with Gasteiger partial charge < -0.3 is 10.1 Å². The molecule has 1 amide bonds. The Balaban J connectivity index is 2.10. The van der Waals surface area contributed by atoms with E-state index in [4.69, 9.17) is 16.3 Å². The van der Waals surface area contributed by atoms with E-state index >= 15 is 0 Å². The molecule has 0 radical (unpaired) electrons. The van der Waals surface area contributed by atoms with Crippen molar-refractivity contribution in [2.24, 2.45) is 0 Å². The van der Waals surface area contributed by atoms with Gasteiger partial charge in [-0.15, -0.1) is 0 Å². The summed E-state index contributed by atoms with van der Waals surface area (Å²) in [5.41, 5.74) is 1.36. The highest BCUT2D eigenvalue weighted by Crippen LogP contribution is 2.20. The molecule has 1 atom stereocenters. The largest absolute Gasteiger partial charge is 0.497 e. The zero-order valence-electron chi connectivity index (χ0n) is 14.0. The number of methoxy groups -OCH3 is 1. The van der Waals surface area contributed by atoms with Gasteiger partial charge in [-0.3, -0.25) is 4.79 Å². The van der Waals surface area contributed by atoms with Gasteiger partial charge in [0, 0.05) is 10.7 Å². The van der Waals surface area contributed by atoms with E-state index in [1.807, 2.05) is 6.92 Å². The van der Waals surface area contributed by atoms with E-state index in [-0.39, 0.29) is 4.90 Å². The second-order valence-electron chi connectivity index (χ2n) is 5.47. The summed E-state index contributed by atoms with van der Waals surface area (Å²) in [4.78, 5) is 12.3. The maximum absolute atomic E-state index is 12.4. The summed E-state index contributed by atoms with van der Waals surface area (Å²) in [6.07, 6.45) is 0. The summed E-state index contributed by atoms with van der Waals surface area (Å²) >= 11 is 5.92. The Morgan fingerprint density at radius 2 is 1.80 bits per heavy atom. The molecule has 0 spiro atoms. The summed E-state index contributed by atoms with van der Waals surface area (Å²) in [5.74, 6) is 0.0589. The smallest absolute Gasteiger partial charge is 0.242 e. The number of aryl methyl sites for hydroxylation is 1. The highest BCUT2D eigenvalue weighted by molar-refractivity contribution is 7.89. The number of halogens is 1. The molecular weight excluding hydrogens is 364 g/mol. The lowest BCUT2D eigenvalue weighted by molar-refractivity contribution is -0.117. The first-order valence-corrected chi connectivity index (χ1v) is 9.32. The number of nitrogens with one attached hydrogen (secondary N) is 2. The van der Waals surface area contributed by atoms with Crippen molar-refractivity contribution in [2.45, 2.75) is 24.8 Å². The maximum Gasteiger partial charge on any atom is 0.242 e. The van der Waals surface area contributed by atoms with Crippen molar-refractivity contribution in [3.05, 3.63) is 53.1 Å². The second kappa shape index (κ2) is 7.86. The van der Waals surface area contributed by atoms with Gasteiger partial charge in [0.2, 0.25) is 15.9 Å². The third-order valence-electron chi connectivity index (χ3n) is 3.55. The number of rotatable bonds is 6. The summed E-state index contributed by atoms with van der Waals surface area (Å²) in [7, 11) is -2.34. The zero-order valence-corrected chi connectivity index (χ0v) is 15.6. The van der Waals surface area contributed by atoms with Gasteiger partial charge in [-0.2, -0.15) is 4.72 Å². The zero-order chi connectivity index (χ0) is 18.6. The number of amides is 1. The minimum atomic E-state index is -3.83. The standard InChI is InChI=1S/C17H19ClN2O4S/c1-11-4-5-13(18)10-16(11)19-17(21)12(2)20-25(22,23)15-8-6-14(24-3)7-9-15/h4-10,12,20H,1-3H3,(H,19,21)/t12-/m0/s1. The minimum Gasteiger partial charge on any atom is -0.497 e. The minimum absolute atomic E-state index is 0.0480. The maximum atomic E-state index is 12.4. The van der Waals surface area contributed by atoms with Crippen molar-refractivity contribution >= 4 is 33.2 Å². The van der Waals surface area contributed by atoms with E-state index in [9.17, 15) is 13.2 Å². The van der Waals surface area contributed by atoms with Crippen LogP contribution >= 0.6 is 11.6 Å². The molecule has 25 heavy (non-hydrogen) atoms. The molecular formula is C17H19ClN2O4S. The van der Waals surface area contributed by atoms with Crippen LogP contribution in [-0.2, 0) is 14.8 Å². The fourth-order valence-electron chi connectivity index (χ4n) is 2.08. The lowest BCUT2D eigenvalue weighted by atomic mass is 10.2. The molecule has 0 bridgehead atoms. The average molecular weight is 383 g/mol. The van der Waals surface area contributed by atoms with E-state index in [1.54, 1.807) is 18.2 Å². The van der Waals surface area contributed by atoms with Crippen molar-refractivity contribution in [2.75, 3.05) is 12.4 Å². The van der Waals surface area contributed by atoms with Crippen LogP contribution in [-0.4, -0.2) is 27.5 Å². The van der Waals surface area contributed by atoms with E-state index in [2.05, 4.69) is 10.0 Å². The van der Waals surface area contributed by atoms with Crippen LogP contribution in [0.2, 0.25) is 5.02 Å². The van der Waals surface area contributed by atoms with Crippen molar-refractivity contribution in [1.82, 2.24) is 4.72 Å². The van der Waals surface area contributed by atoms with Crippen molar-refractivity contribution in [3.8, 4) is 5.75 Å². The third kappa shape index (κ3) is 4.94. The molecule has 8 heteroatoms. The van der Waals surface area contributed by atoms with Gasteiger partial charge in [-0.1, -0.05) is 17.7 Å². The molecule has 0 saturated heterocycles. The molecule has 0 aromatic heterocycles. The van der Waals surface area contributed by atoms with Gasteiger partial charge in [-0.05, 0) is 55.8 Å². The topological polar surface area (TPSA) is 84.5 Å². The van der Waals surface area contributed by atoms with Crippen molar-refractivity contribution < 1.29 is 17.9 Å². The second-order valence-corrected chi connectivity index (χ2v) is 7.62. The van der Waals surface area contributed by atoms with Gasteiger partial charge in [0.15, 0.2) is 0 Å². The van der Waals surface area contributed by atoms with Gasteiger partial charge in [0.1, 0.15) is 5.75 Å². The molecule has 6 nitrogen and oxygen atoms in total. The fraction of sp³-hybridized carbons (Fsp3) is 0.235. The Hall–Kier alpha value is -2.09. The predicted octanol–water partition coefficient (Wildman–Crippen LogP) is 2.96. The number of sulfonamides is 1. The highest BCUT2D eigenvalue weighted by Gasteiger charge is 2.22.